The average Bonchev–Trinajstić information content (AvgIpc) is 2.35. The van der Waals surface area contributed by atoms with Gasteiger partial charge < -0.3 is 5.73 Å². The van der Waals surface area contributed by atoms with E-state index >= 15 is 0 Å². The molecule has 0 spiro atoms. The molecule has 4 nitrogen and oxygen atoms in total. The van der Waals surface area contributed by atoms with Crippen LogP contribution in [0.4, 0.5) is 16.2 Å². The number of primary amides is 1. The maximum absolute atomic E-state index is 11.6. The predicted molar refractivity (Wildman–Crippen MR) is 79.4 cm³/mol. The summed E-state index contributed by atoms with van der Waals surface area (Å²) in [7, 11) is 0. The molecule has 2 aromatic rings. The summed E-state index contributed by atoms with van der Waals surface area (Å²) in [5.74, 6) is 0. The lowest BCUT2D eigenvalue weighted by Gasteiger charge is -2.20. The molecule has 0 radical (unpaired) electrons. The molecule has 1 heterocycles. The molecule has 0 aliphatic carbocycles. The number of aromatic nitrogens is 1. The molecule has 0 aliphatic rings. The molecule has 0 unspecified atom stereocenters. The summed E-state index contributed by atoms with van der Waals surface area (Å²) in [6.07, 6.45) is 3.20. The number of carbonyl (C=O) groups excluding carboxylic acids is 1. The second-order valence-electron chi connectivity index (χ2n) is 3.82. The van der Waals surface area contributed by atoms with Gasteiger partial charge in [-0.1, -0.05) is 17.7 Å². The molecule has 2 rings (SSSR count). The highest BCUT2D eigenvalue weighted by atomic mass is 35.5. The van der Waals surface area contributed by atoms with Gasteiger partial charge in [0.25, 0.3) is 0 Å². The molecule has 19 heavy (non-hydrogen) atoms. The summed E-state index contributed by atoms with van der Waals surface area (Å²) in [5, 5.41) is 0.586. The molecule has 2 amide bonds. The van der Waals surface area contributed by atoms with Crippen molar-refractivity contribution in [3.8, 4) is 0 Å². The van der Waals surface area contributed by atoms with Crippen LogP contribution in [0, 0.1) is 6.92 Å². The van der Waals surface area contributed by atoms with Crippen molar-refractivity contribution in [1.29, 1.82) is 0 Å². The third kappa shape index (κ3) is 3.36. The fraction of sp³-hybridized carbons (Fsp3) is 0.0769. The van der Waals surface area contributed by atoms with Crippen molar-refractivity contribution in [2.45, 2.75) is 6.92 Å². The van der Waals surface area contributed by atoms with Gasteiger partial charge >= 0.3 is 6.03 Å². The van der Waals surface area contributed by atoms with E-state index in [4.69, 9.17) is 17.3 Å². The van der Waals surface area contributed by atoms with Crippen molar-refractivity contribution in [2.24, 2.45) is 5.73 Å². The molecule has 0 fully saturated rings. The third-order valence-electron chi connectivity index (χ3n) is 2.54. The molecule has 1 aromatic heterocycles. The van der Waals surface area contributed by atoms with Crippen molar-refractivity contribution >= 4 is 41.4 Å². The fourth-order valence-electron chi connectivity index (χ4n) is 1.61. The summed E-state index contributed by atoms with van der Waals surface area (Å²) < 4.78 is 0. The Balaban J connectivity index is 0.00000180. The molecule has 1 aromatic carbocycles. The van der Waals surface area contributed by atoms with Crippen LogP contribution in [0.3, 0.4) is 0 Å². The first-order chi connectivity index (χ1) is 8.59. The highest BCUT2D eigenvalue weighted by Gasteiger charge is 2.15. The largest absolute Gasteiger partial charge is 0.351 e. The molecule has 2 N–H and O–H groups in total. The van der Waals surface area contributed by atoms with Gasteiger partial charge in [0.1, 0.15) is 0 Å². The first-order valence-electron chi connectivity index (χ1n) is 5.35. The monoisotopic (exact) mass is 297 g/mol. The topological polar surface area (TPSA) is 59.2 Å². The summed E-state index contributed by atoms with van der Waals surface area (Å²) in [6, 6.07) is 8.24. The Bertz CT molecular complexity index is 575. The number of pyridine rings is 1. The quantitative estimate of drug-likeness (QED) is 0.919. The third-order valence-corrected chi connectivity index (χ3v) is 2.95. The number of aryl methyl sites for hydroxylation is 1. The van der Waals surface area contributed by atoms with E-state index in [1.54, 1.807) is 36.7 Å². The number of nitrogens with two attached hydrogens (primary N) is 1. The van der Waals surface area contributed by atoms with Crippen molar-refractivity contribution in [3.05, 3.63) is 53.3 Å². The lowest BCUT2D eigenvalue weighted by atomic mass is 10.2. The minimum absolute atomic E-state index is 0. The Kier molecular flexibility index (Phi) is 5.15. The molecule has 6 heteroatoms. The van der Waals surface area contributed by atoms with Crippen molar-refractivity contribution in [2.75, 3.05) is 4.90 Å². The number of urea groups is 1. The first kappa shape index (κ1) is 15.3. The fourth-order valence-corrected chi connectivity index (χ4v) is 1.79. The minimum Gasteiger partial charge on any atom is -0.351 e. The normalized spacial score (nSPS) is 9.58. The van der Waals surface area contributed by atoms with Gasteiger partial charge in [0, 0.05) is 11.2 Å². The van der Waals surface area contributed by atoms with E-state index in [-0.39, 0.29) is 12.4 Å². The van der Waals surface area contributed by atoms with Gasteiger partial charge in [0.05, 0.1) is 17.6 Å². The minimum atomic E-state index is -0.581. The maximum atomic E-state index is 11.6. The van der Waals surface area contributed by atoms with E-state index < -0.39 is 6.03 Å². The van der Waals surface area contributed by atoms with E-state index in [0.29, 0.717) is 16.4 Å². The Morgan fingerprint density at radius 3 is 2.58 bits per heavy atom. The number of halogens is 2. The van der Waals surface area contributed by atoms with Gasteiger partial charge in [0.15, 0.2) is 0 Å². The molecule has 0 saturated heterocycles. The van der Waals surface area contributed by atoms with Gasteiger partial charge in [-0.3, -0.25) is 9.88 Å². The Hall–Kier alpha value is -1.78. The molecular weight excluding hydrogens is 285 g/mol. The van der Waals surface area contributed by atoms with Crippen molar-refractivity contribution < 1.29 is 4.79 Å². The number of nitrogens with zero attached hydrogens (tertiary/aromatic N) is 2. The van der Waals surface area contributed by atoms with E-state index in [0.717, 1.165) is 5.56 Å². The van der Waals surface area contributed by atoms with E-state index in [9.17, 15) is 4.79 Å². The maximum Gasteiger partial charge on any atom is 0.323 e. The summed E-state index contributed by atoms with van der Waals surface area (Å²) in [5.41, 5.74) is 7.56. The summed E-state index contributed by atoms with van der Waals surface area (Å²) >= 11 is 6.06. The van der Waals surface area contributed by atoms with Gasteiger partial charge in [0.2, 0.25) is 0 Å². The Morgan fingerprint density at radius 1 is 1.32 bits per heavy atom. The average molecular weight is 298 g/mol. The smallest absolute Gasteiger partial charge is 0.323 e. The first-order valence-corrected chi connectivity index (χ1v) is 5.73. The summed E-state index contributed by atoms with van der Waals surface area (Å²) in [6.45, 7) is 1.89. The van der Waals surface area contributed by atoms with Gasteiger partial charge in [-0.05, 0) is 36.8 Å². The number of benzene rings is 1. The zero-order valence-electron chi connectivity index (χ0n) is 10.2. The molecule has 0 saturated carbocycles. The van der Waals surface area contributed by atoms with Crippen LogP contribution in [0.2, 0.25) is 5.02 Å². The van der Waals surface area contributed by atoms with Crippen LogP contribution in [-0.2, 0) is 0 Å². The second-order valence-corrected chi connectivity index (χ2v) is 4.23. The standard InChI is InChI=1S/C13H12ClN3O.ClH/c1-9-4-5-10(7-12(9)14)17(13(15)18)11-3-2-6-16-8-11;/h2-8H,1H3,(H2,15,18);1H. The molecule has 0 bridgehead atoms. The Labute approximate surface area is 122 Å². The highest BCUT2D eigenvalue weighted by molar-refractivity contribution is 6.31. The number of amides is 2. The molecule has 100 valence electrons. The van der Waals surface area contributed by atoms with Crippen molar-refractivity contribution in [3.63, 3.8) is 0 Å². The van der Waals surface area contributed by atoms with E-state index in [1.165, 1.54) is 4.90 Å². The van der Waals surface area contributed by atoms with E-state index in [1.807, 2.05) is 13.0 Å². The predicted octanol–water partition coefficient (Wildman–Crippen LogP) is 3.68. The van der Waals surface area contributed by atoms with Gasteiger partial charge in [-0.2, -0.15) is 0 Å². The van der Waals surface area contributed by atoms with Gasteiger partial charge in [-0.25, -0.2) is 4.79 Å². The van der Waals surface area contributed by atoms with Crippen LogP contribution in [0.1, 0.15) is 5.56 Å². The van der Waals surface area contributed by atoms with Crippen LogP contribution in [0.5, 0.6) is 0 Å². The highest BCUT2D eigenvalue weighted by Crippen LogP contribution is 2.28. The number of hydrogen-bond donors (Lipinski definition) is 1. The van der Waals surface area contributed by atoms with Crippen LogP contribution >= 0.6 is 24.0 Å². The van der Waals surface area contributed by atoms with Crippen LogP contribution < -0.4 is 10.6 Å². The molecular formula is C13H13Cl2N3O. The van der Waals surface area contributed by atoms with Crippen LogP contribution in [0.25, 0.3) is 0 Å². The van der Waals surface area contributed by atoms with Crippen molar-refractivity contribution in [1.82, 2.24) is 4.98 Å². The van der Waals surface area contributed by atoms with E-state index in [2.05, 4.69) is 4.98 Å². The SMILES string of the molecule is Cc1ccc(N(C(N)=O)c2cccnc2)cc1Cl.Cl. The van der Waals surface area contributed by atoms with Crippen LogP contribution in [0.15, 0.2) is 42.7 Å². The lowest BCUT2D eigenvalue weighted by molar-refractivity contribution is 0.256. The number of rotatable bonds is 2. The zero-order chi connectivity index (χ0) is 13.1. The zero-order valence-corrected chi connectivity index (χ0v) is 11.8. The molecule has 0 aliphatic heterocycles. The number of anilines is 2. The Morgan fingerprint density at radius 2 is 2.05 bits per heavy atom. The number of carbonyl (C=O) groups is 1. The molecule has 0 atom stereocenters. The number of hydrogen-bond acceptors (Lipinski definition) is 2. The second kappa shape index (κ2) is 6.41. The lowest BCUT2D eigenvalue weighted by Crippen LogP contribution is -2.31. The summed E-state index contributed by atoms with van der Waals surface area (Å²) in [4.78, 5) is 16.9. The van der Waals surface area contributed by atoms with Crippen LogP contribution in [-0.4, -0.2) is 11.0 Å². The van der Waals surface area contributed by atoms with Gasteiger partial charge in [-0.15, -0.1) is 12.4 Å².